The Bertz CT molecular complexity index is 233. The van der Waals surface area contributed by atoms with Gasteiger partial charge in [0.05, 0.1) is 0 Å². The van der Waals surface area contributed by atoms with Gasteiger partial charge in [-0.3, -0.25) is 4.90 Å². The van der Waals surface area contributed by atoms with Crippen molar-refractivity contribution in [1.82, 2.24) is 10.2 Å². The third kappa shape index (κ3) is 4.75. The molecular formula is C17H36N2. The molecule has 0 aromatic heterocycles. The van der Waals surface area contributed by atoms with E-state index >= 15 is 0 Å². The van der Waals surface area contributed by atoms with E-state index in [4.69, 9.17) is 0 Å². The second-order valence-electron chi connectivity index (χ2n) is 6.84. The fourth-order valence-corrected chi connectivity index (χ4v) is 3.47. The highest BCUT2D eigenvalue weighted by Gasteiger charge is 2.37. The van der Waals surface area contributed by atoms with Crippen LogP contribution in [0, 0.1) is 5.92 Å². The zero-order valence-corrected chi connectivity index (χ0v) is 14.0. The van der Waals surface area contributed by atoms with Gasteiger partial charge in [-0.15, -0.1) is 0 Å². The number of likely N-dealkylation sites (N-methyl/N-ethyl adjacent to an activating group) is 1. The van der Waals surface area contributed by atoms with Gasteiger partial charge in [-0.25, -0.2) is 0 Å². The molecule has 1 N–H and O–H groups in total. The maximum Gasteiger partial charge on any atom is 0.0331 e. The highest BCUT2D eigenvalue weighted by Crippen LogP contribution is 2.30. The van der Waals surface area contributed by atoms with Gasteiger partial charge < -0.3 is 5.32 Å². The van der Waals surface area contributed by atoms with Crippen LogP contribution in [0.4, 0.5) is 0 Å². The molecule has 2 nitrogen and oxygen atoms in total. The molecule has 1 aliphatic heterocycles. The average Bonchev–Trinajstić information content (AvgIpc) is 2.43. The lowest BCUT2D eigenvalue weighted by atomic mass is 9.82. The Hall–Kier alpha value is -0.0800. The van der Waals surface area contributed by atoms with Crippen molar-refractivity contribution < 1.29 is 0 Å². The van der Waals surface area contributed by atoms with E-state index in [0.29, 0.717) is 11.6 Å². The molecule has 0 saturated carbocycles. The molecule has 0 aromatic carbocycles. The van der Waals surface area contributed by atoms with E-state index in [1.807, 2.05) is 0 Å². The molecule has 0 spiro atoms. The number of likely N-dealkylation sites (tertiary alicyclic amines) is 1. The predicted molar refractivity (Wildman–Crippen MR) is 85.7 cm³/mol. The van der Waals surface area contributed by atoms with Crippen molar-refractivity contribution in [2.24, 2.45) is 5.92 Å². The molecule has 2 atom stereocenters. The van der Waals surface area contributed by atoms with Gasteiger partial charge in [0.15, 0.2) is 0 Å². The van der Waals surface area contributed by atoms with Gasteiger partial charge in [0.1, 0.15) is 0 Å². The Labute approximate surface area is 121 Å². The maximum atomic E-state index is 3.79. The smallest absolute Gasteiger partial charge is 0.0331 e. The number of hydrogen-bond acceptors (Lipinski definition) is 2. The van der Waals surface area contributed by atoms with Crippen LogP contribution < -0.4 is 5.32 Å². The minimum Gasteiger partial charge on any atom is -0.312 e. The molecule has 0 aliphatic carbocycles. The summed E-state index contributed by atoms with van der Waals surface area (Å²) in [6, 6.07) is 0.642. The minimum absolute atomic E-state index is 0.339. The molecule has 0 aromatic rings. The molecule has 114 valence electrons. The van der Waals surface area contributed by atoms with Crippen LogP contribution >= 0.6 is 0 Å². The van der Waals surface area contributed by atoms with Crippen LogP contribution in [0.2, 0.25) is 0 Å². The van der Waals surface area contributed by atoms with E-state index in [2.05, 4.69) is 44.8 Å². The van der Waals surface area contributed by atoms with Gasteiger partial charge in [-0.2, -0.15) is 0 Å². The summed E-state index contributed by atoms with van der Waals surface area (Å²) in [5.41, 5.74) is 0.339. The summed E-state index contributed by atoms with van der Waals surface area (Å²) in [5, 5.41) is 3.79. The standard InChI is InChI=1S/C17H36N2/c1-6-17(5,19-13-9-8-10-14-19)16(18-7-2)12-11-15(3)4/h15-16,18H,6-14H2,1-5H3. The largest absolute Gasteiger partial charge is 0.312 e. The molecule has 19 heavy (non-hydrogen) atoms. The Morgan fingerprint density at radius 1 is 1.05 bits per heavy atom. The topological polar surface area (TPSA) is 15.3 Å². The summed E-state index contributed by atoms with van der Waals surface area (Å²) in [6.07, 6.45) is 8.10. The molecule has 0 amide bonds. The van der Waals surface area contributed by atoms with E-state index in [1.54, 1.807) is 0 Å². The third-order valence-corrected chi connectivity index (χ3v) is 5.03. The molecule has 0 bridgehead atoms. The fourth-order valence-electron chi connectivity index (χ4n) is 3.47. The van der Waals surface area contributed by atoms with E-state index < -0.39 is 0 Å². The first-order chi connectivity index (χ1) is 9.04. The first kappa shape index (κ1) is 17.0. The normalized spacial score (nSPS) is 22.4. The monoisotopic (exact) mass is 268 g/mol. The van der Waals surface area contributed by atoms with Crippen LogP contribution in [0.3, 0.4) is 0 Å². The van der Waals surface area contributed by atoms with Crippen molar-refractivity contribution in [1.29, 1.82) is 0 Å². The lowest BCUT2D eigenvalue weighted by Gasteiger charge is -2.48. The van der Waals surface area contributed by atoms with Crippen LogP contribution in [-0.2, 0) is 0 Å². The summed E-state index contributed by atoms with van der Waals surface area (Å²) in [5.74, 6) is 0.809. The van der Waals surface area contributed by atoms with Gasteiger partial charge in [0.25, 0.3) is 0 Å². The van der Waals surface area contributed by atoms with Gasteiger partial charge in [-0.1, -0.05) is 34.1 Å². The van der Waals surface area contributed by atoms with E-state index in [1.165, 1.54) is 51.6 Å². The molecule has 1 aliphatic rings. The van der Waals surface area contributed by atoms with Gasteiger partial charge in [0, 0.05) is 11.6 Å². The van der Waals surface area contributed by atoms with E-state index in [0.717, 1.165) is 12.5 Å². The third-order valence-electron chi connectivity index (χ3n) is 5.03. The van der Waals surface area contributed by atoms with Gasteiger partial charge >= 0.3 is 0 Å². The Kier molecular flexibility index (Phi) is 7.38. The molecule has 2 heteroatoms. The highest BCUT2D eigenvalue weighted by molar-refractivity contribution is 4.97. The SMILES string of the molecule is CCNC(CCC(C)C)C(C)(CC)N1CCCCC1. The zero-order valence-electron chi connectivity index (χ0n) is 14.0. The Balaban J connectivity index is 2.73. The van der Waals surface area contributed by atoms with Gasteiger partial charge in [-0.05, 0) is 64.6 Å². The predicted octanol–water partition coefficient (Wildman–Crippen LogP) is 4.06. The number of piperidine rings is 1. The molecule has 1 rings (SSSR count). The summed E-state index contributed by atoms with van der Waals surface area (Å²) in [4.78, 5) is 2.77. The van der Waals surface area contributed by atoms with Crippen molar-refractivity contribution in [2.45, 2.75) is 84.7 Å². The van der Waals surface area contributed by atoms with Crippen LogP contribution in [0.25, 0.3) is 0 Å². The second-order valence-corrected chi connectivity index (χ2v) is 6.84. The Morgan fingerprint density at radius 3 is 2.16 bits per heavy atom. The van der Waals surface area contributed by atoms with E-state index in [-0.39, 0.29) is 0 Å². The average molecular weight is 268 g/mol. The summed E-state index contributed by atoms with van der Waals surface area (Å²) in [7, 11) is 0. The van der Waals surface area contributed by atoms with E-state index in [9.17, 15) is 0 Å². The lowest BCUT2D eigenvalue weighted by Crippen LogP contribution is -2.60. The quantitative estimate of drug-likeness (QED) is 0.714. The summed E-state index contributed by atoms with van der Waals surface area (Å²) >= 11 is 0. The Morgan fingerprint density at radius 2 is 1.68 bits per heavy atom. The summed E-state index contributed by atoms with van der Waals surface area (Å²) in [6.45, 7) is 15.5. The fraction of sp³-hybridized carbons (Fsp3) is 1.00. The van der Waals surface area contributed by atoms with Crippen molar-refractivity contribution in [3.63, 3.8) is 0 Å². The van der Waals surface area contributed by atoms with Crippen LogP contribution in [0.15, 0.2) is 0 Å². The molecular weight excluding hydrogens is 232 g/mol. The van der Waals surface area contributed by atoms with Crippen LogP contribution in [-0.4, -0.2) is 36.1 Å². The van der Waals surface area contributed by atoms with Gasteiger partial charge in [0.2, 0.25) is 0 Å². The zero-order chi connectivity index (χ0) is 14.3. The molecule has 0 radical (unpaired) electrons. The second kappa shape index (κ2) is 8.26. The first-order valence-electron chi connectivity index (χ1n) is 8.53. The molecule has 1 heterocycles. The molecule has 1 fully saturated rings. The van der Waals surface area contributed by atoms with Crippen LogP contribution in [0.5, 0.6) is 0 Å². The highest BCUT2D eigenvalue weighted by atomic mass is 15.2. The maximum absolute atomic E-state index is 3.79. The first-order valence-corrected chi connectivity index (χ1v) is 8.53. The number of hydrogen-bond donors (Lipinski definition) is 1. The number of nitrogens with one attached hydrogen (secondary N) is 1. The summed E-state index contributed by atoms with van der Waals surface area (Å²) < 4.78 is 0. The number of rotatable bonds is 8. The van der Waals surface area contributed by atoms with Crippen molar-refractivity contribution in [2.75, 3.05) is 19.6 Å². The number of nitrogens with zero attached hydrogens (tertiary/aromatic N) is 1. The minimum atomic E-state index is 0.339. The van der Waals surface area contributed by atoms with Crippen LogP contribution in [0.1, 0.15) is 73.1 Å². The van der Waals surface area contributed by atoms with Crippen molar-refractivity contribution in [3.05, 3.63) is 0 Å². The molecule has 1 saturated heterocycles. The molecule has 2 unspecified atom stereocenters. The van der Waals surface area contributed by atoms with Crippen molar-refractivity contribution >= 4 is 0 Å². The lowest BCUT2D eigenvalue weighted by molar-refractivity contribution is 0.0391. The van der Waals surface area contributed by atoms with Crippen molar-refractivity contribution in [3.8, 4) is 0 Å².